The first-order valence-electron chi connectivity index (χ1n) is 7.91. The van der Waals surface area contributed by atoms with Crippen LogP contribution >= 0.6 is 0 Å². The fourth-order valence-electron chi connectivity index (χ4n) is 3.14. The van der Waals surface area contributed by atoms with E-state index in [1.807, 2.05) is 6.07 Å². The number of carbonyl (C=O) groups is 1. The maximum absolute atomic E-state index is 12.2. The van der Waals surface area contributed by atoms with E-state index in [1.54, 1.807) is 0 Å². The van der Waals surface area contributed by atoms with E-state index < -0.39 is 0 Å². The molecule has 2 atom stereocenters. The predicted octanol–water partition coefficient (Wildman–Crippen LogP) is 1.61. The number of amides is 1. The highest BCUT2D eigenvalue weighted by Crippen LogP contribution is 2.30. The molecule has 1 aromatic carbocycles. The quantitative estimate of drug-likeness (QED) is 0.802. The molecule has 116 valence electrons. The molecule has 1 aliphatic carbocycles. The van der Waals surface area contributed by atoms with Gasteiger partial charge in [0.15, 0.2) is 0 Å². The Morgan fingerprint density at radius 2 is 2.10 bits per heavy atom. The smallest absolute Gasteiger partial charge is 0.223 e. The lowest BCUT2D eigenvalue weighted by Crippen LogP contribution is -2.38. The maximum atomic E-state index is 12.2. The predicted molar refractivity (Wildman–Crippen MR) is 85.7 cm³/mol. The molecule has 1 fully saturated rings. The van der Waals surface area contributed by atoms with E-state index in [2.05, 4.69) is 41.5 Å². The van der Waals surface area contributed by atoms with E-state index in [-0.39, 0.29) is 11.8 Å². The Kier molecular flexibility index (Phi) is 6.21. The largest absolute Gasteiger partial charge is 0.355 e. The van der Waals surface area contributed by atoms with Crippen LogP contribution in [0.25, 0.3) is 0 Å². The minimum absolute atomic E-state index is 0.134. The Labute approximate surface area is 127 Å². The number of likely N-dealkylation sites (N-methyl/N-ethyl adjacent to an activating group) is 1. The summed E-state index contributed by atoms with van der Waals surface area (Å²) in [4.78, 5) is 14.4. The first-order chi connectivity index (χ1) is 10.2. The van der Waals surface area contributed by atoms with Crippen molar-refractivity contribution in [2.24, 2.45) is 17.6 Å². The minimum Gasteiger partial charge on any atom is -0.355 e. The Bertz CT molecular complexity index is 435. The van der Waals surface area contributed by atoms with Gasteiger partial charge in [-0.2, -0.15) is 0 Å². The zero-order chi connectivity index (χ0) is 15.1. The van der Waals surface area contributed by atoms with Gasteiger partial charge in [0, 0.05) is 25.6 Å². The highest BCUT2D eigenvalue weighted by molar-refractivity contribution is 5.79. The molecule has 0 aliphatic heterocycles. The average molecular weight is 289 g/mol. The summed E-state index contributed by atoms with van der Waals surface area (Å²) < 4.78 is 0. The summed E-state index contributed by atoms with van der Waals surface area (Å²) in [6.07, 6.45) is 3.23. The van der Waals surface area contributed by atoms with Crippen molar-refractivity contribution < 1.29 is 4.79 Å². The molecule has 1 aliphatic rings. The van der Waals surface area contributed by atoms with Gasteiger partial charge >= 0.3 is 0 Å². The molecule has 21 heavy (non-hydrogen) atoms. The van der Waals surface area contributed by atoms with Crippen molar-refractivity contribution in [3.63, 3.8) is 0 Å². The molecular formula is C17H27N3O. The zero-order valence-corrected chi connectivity index (χ0v) is 12.9. The van der Waals surface area contributed by atoms with Crippen molar-refractivity contribution in [2.75, 3.05) is 26.7 Å². The molecule has 3 N–H and O–H groups in total. The van der Waals surface area contributed by atoms with E-state index in [9.17, 15) is 4.79 Å². The molecule has 2 rings (SSSR count). The summed E-state index contributed by atoms with van der Waals surface area (Å²) in [7, 11) is 2.08. The lowest BCUT2D eigenvalue weighted by atomic mass is 9.95. The highest BCUT2D eigenvalue weighted by atomic mass is 16.1. The second kappa shape index (κ2) is 8.15. The van der Waals surface area contributed by atoms with Crippen LogP contribution in [0.4, 0.5) is 0 Å². The Balaban J connectivity index is 1.68. The number of nitrogens with two attached hydrogens (primary N) is 1. The molecule has 0 aromatic heterocycles. The number of rotatable bonds is 7. The Morgan fingerprint density at radius 1 is 1.33 bits per heavy atom. The second-order valence-corrected chi connectivity index (χ2v) is 6.05. The van der Waals surface area contributed by atoms with Gasteiger partial charge < -0.3 is 16.0 Å². The summed E-state index contributed by atoms with van der Waals surface area (Å²) in [5, 5.41) is 3.07. The number of hydrogen-bond donors (Lipinski definition) is 2. The minimum atomic E-state index is 0.134. The lowest BCUT2D eigenvalue weighted by molar-refractivity contribution is -0.126. The van der Waals surface area contributed by atoms with Crippen LogP contribution in [-0.4, -0.2) is 37.5 Å². The number of nitrogens with one attached hydrogen (secondary N) is 1. The first-order valence-corrected chi connectivity index (χ1v) is 7.91. The van der Waals surface area contributed by atoms with Crippen molar-refractivity contribution in [3.8, 4) is 0 Å². The van der Waals surface area contributed by atoms with Crippen LogP contribution in [0.2, 0.25) is 0 Å². The summed E-state index contributed by atoms with van der Waals surface area (Å²) in [5.74, 6) is 0.706. The topological polar surface area (TPSA) is 58.4 Å². The third kappa shape index (κ3) is 4.83. The number of benzene rings is 1. The van der Waals surface area contributed by atoms with Crippen LogP contribution in [-0.2, 0) is 11.3 Å². The van der Waals surface area contributed by atoms with Crippen molar-refractivity contribution in [2.45, 2.75) is 25.8 Å². The molecule has 1 aromatic rings. The lowest BCUT2D eigenvalue weighted by Gasteiger charge is -2.20. The fraction of sp³-hybridized carbons (Fsp3) is 0.588. The Morgan fingerprint density at radius 3 is 2.81 bits per heavy atom. The van der Waals surface area contributed by atoms with Gasteiger partial charge in [-0.05, 0) is 37.9 Å². The van der Waals surface area contributed by atoms with Crippen molar-refractivity contribution in [1.29, 1.82) is 0 Å². The van der Waals surface area contributed by atoms with Gasteiger partial charge in [0.1, 0.15) is 0 Å². The molecule has 1 saturated carbocycles. The summed E-state index contributed by atoms with van der Waals surface area (Å²) in [6, 6.07) is 10.4. The van der Waals surface area contributed by atoms with Gasteiger partial charge in [-0.25, -0.2) is 0 Å². The van der Waals surface area contributed by atoms with Gasteiger partial charge in [-0.3, -0.25) is 4.79 Å². The van der Waals surface area contributed by atoms with Crippen LogP contribution in [0.1, 0.15) is 24.8 Å². The second-order valence-electron chi connectivity index (χ2n) is 6.05. The summed E-state index contributed by atoms with van der Waals surface area (Å²) in [5.41, 5.74) is 7.03. The van der Waals surface area contributed by atoms with E-state index >= 15 is 0 Å². The molecular weight excluding hydrogens is 262 g/mol. The van der Waals surface area contributed by atoms with E-state index in [4.69, 9.17) is 5.73 Å². The molecule has 0 saturated heterocycles. The molecule has 0 spiro atoms. The van der Waals surface area contributed by atoms with Crippen LogP contribution < -0.4 is 11.1 Å². The standard InChI is InChI=1S/C17H27N3O/c1-20(13-14-6-3-2-4-7-14)11-10-19-17(21)16-9-5-8-15(16)12-18/h2-4,6-7,15-16H,5,8-13,18H2,1H3,(H,19,21)/t15-,16-/m1/s1. The van der Waals surface area contributed by atoms with Gasteiger partial charge in [0.05, 0.1) is 0 Å². The van der Waals surface area contributed by atoms with Crippen LogP contribution in [0.15, 0.2) is 30.3 Å². The number of hydrogen-bond acceptors (Lipinski definition) is 3. The third-order valence-corrected chi connectivity index (χ3v) is 4.39. The first kappa shape index (κ1) is 16.0. The summed E-state index contributed by atoms with van der Waals surface area (Å²) >= 11 is 0. The molecule has 0 radical (unpaired) electrons. The van der Waals surface area contributed by atoms with Crippen LogP contribution in [0.3, 0.4) is 0 Å². The number of carbonyl (C=O) groups excluding carboxylic acids is 1. The molecule has 0 bridgehead atoms. The van der Waals surface area contributed by atoms with Gasteiger partial charge in [0.2, 0.25) is 5.91 Å². The SMILES string of the molecule is CN(CCNC(=O)[C@@H]1CCC[C@@H]1CN)Cc1ccccc1. The third-order valence-electron chi connectivity index (χ3n) is 4.39. The van der Waals surface area contributed by atoms with E-state index in [0.29, 0.717) is 19.0 Å². The van der Waals surface area contributed by atoms with E-state index in [1.165, 1.54) is 5.56 Å². The highest BCUT2D eigenvalue weighted by Gasteiger charge is 2.31. The summed E-state index contributed by atoms with van der Waals surface area (Å²) in [6.45, 7) is 3.11. The Hall–Kier alpha value is -1.39. The molecule has 0 unspecified atom stereocenters. The van der Waals surface area contributed by atoms with Crippen molar-refractivity contribution in [1.82, 2.24) is 10.2 Å². The normalized spacial score (nSPS) is 21.7. The van der Waals surface area contributed by atoms with Gasteiger partial charge in [-0.15, -0.1) is 0 Å². The molecule has 1 amide bonds. The maximum Gasteiger partial charge on any atom is 0.223 e. The van der Waals surface area contributed by atoms with Gasteiger partial charge in [-0.1, -0.05) is 36.8 Å². The zero-order valence-electron chi connectivity index (χ0n) is 12.9. The van der Waals surface area contributed by atoms with E-state index in [0.717, 1.165) is 32.4 Å². The van der Waals surface area contributed by atoms with Crippen LogP contribution in [0, 0.1) is 11.8 Å². The number of nitrogens with zero attached hydrogens (tertiary/aromatic N) is 1. The average Bonchev–Trinajstić information content (AvgIpc) is 2.96. The molecule has 0 heterocycles. The van der Waals surface area contributed by atoms with Crippen molar-refractivity contribution >= 4 is 5.91 Å². The molecule has 4 heteroatoms. The van der Waals surface area contributed by atoms with Crippen molar-refractivity contribution in [3.05, 3.63) is 35.9 Å². The fourth-order valence-corrected chi connectivity index (χ4v) is 3.14. The van der Waals surface area contributed by atoms with Gasteiger partial charge in [0.25, 0.3) is 0 Å². The monoisotopic (exact) mass is 289 g/mol. The molecule has 4 nitrogen and oxygen atoms in total. The van der Waals surface area contributed by atoms with Crippen LogP contribution in [0.5, 0.6) is 0 Å².